The van der Waals surface area contributed by atoms with Crippen LogP contribution in [0.1, 0.15) is 24.5 Å². The van der Waals surface area contributed by atoms with Crippen LogP contribution in [0.2, 0.25) is 0 Å². The lowest BCUT2D eigenvalue weighted by molar-refractivity contribution is -0.140. The number of benzene rings is 1. The van der Waals surface area contributed by atoms with Gasteiger partial charge in [0.1, 0.15) is 11.9 Å². The summed E-state index contributed by atoms with van der Waals surface area (Å²) in [6.45, 7) is 0.996. The second-order valence-electron chi connectivity index (χ2n) is 5.26. The highest BCUT2D eigenvalue weighted by molar-refractivity contribution is 7.86. The van der Waals surface area contributed by atoms with Crippen LogP contribution in [0.4, 0.5) is 4.39 Å². The van der Waals surface area contributed by atoms with Crippen LogP contribution in [0.3, 0.4) is 0 Å². The van der Waals surface area contributed by atoms with Crippen LogP contribution >= 0.6 is 0 Å². The van der Waals surface area contributed by atoms with Crippen molar-refractivity contribution in [1.29, 1.82) is 0 Å². The summed E-state index contributed by atoms with van der Waals surface area (Å²) in [4.78, 5) is 13.0. The minimum atomic E-state index is -3.65. The van der Waals surface area contributed by atoms with E-state index in [4.69, 9.17) is 4.18 Å². The maximum Gasteiger partial charge on any atom is 0.306 e. The summed E-state index contributed by atoms with van der Waals surface area (Å²) in [5.74, 6) is -0.707. The molecule has 0 saturated heterocycles. The molecule has 0 bridgehead atoms. The van der Waals surface area contributed by atoms with Gasteiger partial charge in [0.05, 0.1) is 19.8 Å². The molecule has 0 fully saturated rings. The van der Waals surface area contributed by atoms with Gasteiger partial charge in [-0.1, -0.05) is 12.1 Å². The molecule has 0 aromatic heterocycles. The first-order valence-electron chi connectivity index (χ1n) is 7.10. The summed E-state index contributed by atoms with van der Waals surface area (Å²) in [6, 6.07) is 5.52. The van der Waals surface area contributed by atoms with E-state index in [0.29, 0.717) is 25.1 Å². The van der Waals surface area contributed by atoms with Crippen molar-refractivity contribution < 1.29 is 26.5 Å². The number of carbonyl (C=O) groups is 1. The van der Waals surface area contributed by atoms with Crippen molar-refractivity contribution >= 4 is 16.1 Å². The Morgan fingerprint density at radius 1 is 1.26 bits per heavy atom. The smallest absolute Gasteiger partial charge is 0.306 e. The normalized spacial score (nSPS) is 13.1. The van der Waals surface area contributed by atoms with Crippen molar-refractivity contribution in [2.45, 2.75) is 18.9 Å². The summed E-state index contributed by atoms with van der Waals surface area (Å²) in [6.07, 6.45) is 0.910. The first-order valence-corrected chi connectivity index (χ1v) is 8.92. The Hall–Kier alpha value is -1.51. The molecule has 1 atom stereocenters. The Labute approximate surface area is 136 Å². The number of carbonyl (C=O) groups excluding carboxylic acids is 1. The van der Waals surface area contributed by atoms with E-state index in [9.17, 15) is 17.6 Å². The molecular weight excluding hydrogens is 325 g/mol. The Morgan fingerprint density at radius 2 is 1.87 bits per heavy atom. The molecule has 1 aromatic carbocycles. The Kier molecular flexibility index (Phi) is 7.60. The molecule has 0 heterocycles. The molecule has 0 aliphatic rings. The van der Waals surface area contributed by atoms with Gasteiger partial charge in [0.15, 0.2) is 0 Å². The molecule has 8 heteroatoms. The zero-order valence-corrected chi connectivity index (χ0v) is 14.3. The monoisotopic (exact) mass is 347 g/mol. The van der Waals surface area contributed by atoms with Crippen molar-refractivity contribution in [2.24, 2.45) is 0 Å². The number of hydrogen-bond acceptors (Lipinski definition) is 6. The quantitative estimate of drug-likeness (QED) is 0.500. The first kappa shape index (κ1) is 19.5. The molecule has 0 aliphatic carbocycles. The fraction of sp³-hybridized carbons (Fsp3) is 0.533. The van der Waals surface area contributed by atoms with Gasteiger partial charge in [0.2, 0.25) is 0 Å². The molecule has 0 N–H and O–H groups in total. The highest BCUT2D eigenvalue weighted by Gasteiger charge is 2.19. The van der Waals surface area contributed by atoms with Crippen LogP contribution in [0, 0.1) is 5.82 Å². The third-order valence-corrected chi connectivity index (χ3v) is 3.81. The van der Waals surface area contributed by atoms with Crippen molar-refractivity contribution in [1.82, 2.24) is 4.90 Å². The van der Waals surface area contributed by atoms with Crippen LogP contribution < -0.4 is 0 Å². The van der Waals surface area contributed by atoms with Gasteiger partial charge in [0, 0.05) is 13.1 Å². The van der Waals surface area contributed by atoms with Gasteiger partial charge in [-0.3, -0.25) is 8.98 Å². The van der Waals surface area contributed by atoms with Gasteiger partial charge < -0.3 is 9.64 Å². The number of ether oxygens (including phenoxy) is 1. The molecule has 1 unspecified atom stereocenters. The highest BCUT2D eigenvalue weighted by atomic mass is 32.2. The Balaban J connectivity index is 2.66. The molecule has 130 valence electrons. The fourth-order valence-electron chi connectivity index (χ4n) is 1.99. The number of hydrogen-bond donors (Lipinski definition) is 0. The maximum atomic E-state index is 13.0. The standard InChI is InChI=1S/C15H22FNO5S/c1-17(11-9-15(18)21-2)10-8-14(22-23(3,19)20)12-4-6-13(16)7-5-12/h4-7,14H,8-11H2,1-3H3. The van der Waals surface area contributed by atoms with Crippen LogP contribution in [0.5, 0.6) is 0 Å². The molecule has 1 aromatic rings. The molecular formula is C15H22FNO5S. The second-order valence-corrected chi connectivity index (χ2v) is 6.86. The average molecular weight is 347 g/mol. The highest BCUT2D eigenvalue weighted by Crippen LogP contribution is 2.23. The lowest BCUT2D eigenvalue weighted by Crippen LogP contribution is -2.25. The van der Waals surface area contributed by atoms with E-state index in [0.717, 1.165) is 6.26 Å². The second kappa shape index (κ2) is 8.95. The Morgan fingerprint density at radius 3 is 2.39 bits per heavy atom. The van der Waals surface area contributed by atoms with Crippen LogP contribution in [-0.2, 0) is 23.8 Å². The lowest BCUT2D eigenvalue weighted by Gasteiger charge is -2.21. The van der Waals surface area contributed by atoms with Gasteiger partial charge in [-0.2, -0.15) is 8.42 Å². The van der Waals surface area contributed by atoms with E-state index in [1.165, 1.54) is 31.4 Å². The SMILES string of the molecule is COC(=O)CCN(C)CCC(OS(C)(=O)=O)c1ccc(F)cc1. The van der Waals surface area contributed by atoms with Crippen LogP contribution in [-0.4, -0.2) is 52.8 Å². The number of esters is 1. The minimum Gasteiger partial charge on any atom is -0.469 e. The summed E-state index contributed by atoms with van der Waals surface area (Å²) in [7, 11) is -0.509. The molecule has 0 amide bonds. The summed E-state index contributed by atoms with van der Waals surface area (Å²) >= 11 is 0. The van der Waals surface area contributed by atoms with Gasteiger partial charge >= 0.3 is 5.97 Å². The van der Waals surface area contributed by atoms with E-state index >= 15 is 0 Å². The summed E-state index contributed by atoms with van der Waals surface area (Å²) in [5.41, 5.74) is 0.582. The van der Waals surface area contributed by atoms with Gasteiger partial charge in [-0.05, 0) is 31.2 Å². The zero-order chi connectivity index (χ0) is 17.5. The number of rotatable bonds is 9. The molecule has 0 aliphatic heterocycles. The van der Waals surface area contributed by atoms with Gasteiger partial charge in [-0.15, -0.1) is 0 Å². The van der Waals surface area contributed by atoms with Crippen molar-refractivity contribution in [3.05, 3.63) is 35.6 Å². The van der Waals surface area contributed by atoms with Gasteiger partial charge in [0.25, 0.3) is 10.1 Å². The van der Waals surface area contributed by atoms with Crippen molar-refractivity contribution in [2.75, 3.05) is 33.5 Å². The lowest BCUT2D eigenvalue weighted by atomic mass is 10.1. The number of halogens is 1. The Bertz CT molecular complexity index is 603. The van der Waals surface area contributed by atoms with Crippen LogP contribution in [0.15, 0.2) is 24.3 Å². The van der Waals surface area contributed by atoms with E-state index in [1.54, 1.807) is 0 Å². The first-order chi connectivity index (χ1) is 10.7. The molecule has 1 rings (SSSR count). The largest absolute Gasteiger partial charge is 0.469 e. The van der Waals surface area contributed by atoms with Crippen molar-refractivity contribution in [3.63, 3.8) is 0 Å². The van der Waals surface area contributed by atoms with Gasteiger partial charge in [-0.25, -0.2) is 4.39 Å². The molecule has 0 spiro atoms. The third kappa shape index (κ3) is 8.06. The summed E-state index contributed by atoms with van der Waals surface area (Å²) < 4.78 is 45.5. The van der Waals surface area contributed by atoms with E-state index in [-0.39, 0.29) is 12.4 Å². The van der Waals surface area contributed by atoms with E-state index in [2.05, 4.69) is 4.74 Å². The zero-order valence-electron chi connectivity index (χ0n) is 13.5. The topological polar surface area (TPSA) is 72.9 Å². The van der Waals surface area contributed by atoms with Crippen LogP contribution in [0.25, 0.3) is 0 Å². The molecule has 0 radical (unpaired) electrons. The molecule has 0 saturated carbocycles. The fourth-order valence-corrected chi connectivity index (χ4v) is 2.62. The minimum absolute atomic E-state index is 0.251. The predicted molar refractivity (Wildman–Crippen MR) is 83.8 cm³/mol. The molecule has 23 heavy (non-hydrogen) atoms. The maximum absolute atomic E-state index is 13.0. The van der Waals surface area contributed by atoms with Crippen molar-refractivity contribution in [3.8, 4) is 0 Å². The number of methoxy groups -OCH3 is 1. The third-order valence-electron chi connectivity index (χ3n) is 3.23. The summed E-state index contributed by atoms with van der Waals surface area (Å²) in [5, 5.41) is 0. The van der Waals surface area contributed by atoms with E-state index < -0.39 is 22.0 Å². The number of nitrogens with zero attached hydrogens (tertiary/aromatic N) is 1. The molecule has 6 nitrogen and oxygen atoms in total. The predicted octanol–water partition coefficient (Wildman–Crippen LogP) is 1.73. The average Bonchev–Trinajstić information content (AvgIpc) is 2.48. The van der Waals surface area contributed by atoms with E-state index in [1.807, 2.05) is 11.9 Å².